The number of aliphatic imine (C=N–C) groups is 1. The fourth-order valence-electron chi connectivity index (χ4n) is 2.14. The Bertz CT molecular complexity index is 290. The third-order valence-electron chi connectivity index (χ3n) is 2.91. The first-order chi connectivity index (χ1) is 8.59. The summed E-state index contributed by atoms with van der Waals surface area (Å²) < 4.78 is 4.17. The molecule has 0 aromatic carbocycles. The number of ether oxygens (including phenoxy) is 1. The summed E-state index contributed by atoms with van der Waals surface area (Å²) in [6.07, 6.45) is 5.19. The lowest BCUT2D eigenvalue weighted by Crippen LogP contribution is -2.34. The Balaban J connectivity index is 0.000000203. The van der Waals surface area contributed by atoms with Crippen molar-refractivity contribution < 1.29 is 14.6 Å². The molecule has 2 rings (SSSR count). The van der Waals surface area contributed by atoms with E-state index < -0.39 is 6.16 Å². The van der Waals surface area contributed by atoms with Gasteiger partial charge < -0.3 is 14.7 Å². The Morgan fingerprint density at radius 3 is 2.61 bits per heavy atom. The van der Waals surface area contributed by atoms with Crippen molar-refractivity contribution in [3.8, 4) is 0 Å². The van der Waals surface area contributed by atoms with Crippen molar-refractivity contribution in [3.05, 3.63) is 0 Å². The Morgan fingerprint density at radius 2 is 2.00 bits per heavy atom. The van der Waals surface area contributed by atoms with Gasteiger partial charge in [0.15, 0.2) is 0 Å². The minimum absolute atomic E-state index is 0.225. The van der Waals surface area contributed by atoms with Crippen LogP contribution in [0.3, 0.4) is 0 Å². The molecule has 0 amide bonds. The molecular weight excluding hydrogens is 232 g/mol. The molecule has 0 radical (unpaired) electrons. The van der Waals surface area contributed by atoms with Gasteiger partial charge in [0.2, 0.25) is 0 Å². The number of carbonyl (C=O) groups is 1. The van der Waals surface area contributed by atoms with Gasteiger partial charge in [0.25, 0.3) is 0 Å². The normalized spacial score (nSPS) is 19.1. The molecule has 5 nitrogen and oxygen atoms in total. The zero-order valence-corrected chi connectivity index (χ0v) is 11.4. The van der Waals surface area contributed by atoms with Gasteiger partial charge in [0.05, 0.1) is 11.9 Å². The SMILES string of the molecule is C1CCC2=NCCCN2CC1.CC(C)OC(=O)O. The molecule has 2 aliphatic heterocycles. The van der Waals surface area contributed by atoms with Crippen LogP contribution in [0.4, 0.5) is 4.79 Å². The van der Waals surface area contributed by atoms with Crippen molar-refractivity contribution in [1.29, 1.82) is 0 Å². The minimum atomic E-state index is -1.21. The van der Waals surface area contributed by atoms with Crippen LogP contribution in [0.2, 0.25) is 0 Å². The van der Waals surface area contributed by atoms with Gasteiger partial charge in [-0.1, -0.05) is 6.42 Å². The van der Waals surface area contributed by atoms with Crippen molar-refractivity contribution in [1.82, 2.24) is 4.90 Å². The highest BCUT2D eigenvalue weighted by atomic mass is 16.7. The first kappa shape index (κ1) is 14.8. The van der Waals surface area contributed by atoms with Gasteiger partial charge in [-0.3, -0.25) is 4.99 Å². The van der Waals surface area contributed by atoms with Gasteiger partial charge >= 0.3 is 6.16 Å². The molecule has 2 heterocycles. The molecule has 0 bridgehead atoms. The number of hydrogen-bond acceptors (Lipinski definition) is 4. The third-order valence-corrected chi connectivity index (χ3v) is 2.91. The molecule has 104 valence electrons. The van der Waals surface area contributed by atoms with Gasteiger partial charge in [-0.25, -0.2) is 4.79 Å². The molecule has 1 saturated heterocycles. The molecule has 5 heteroatoms. The lowest BCUT2D eigenvalue weighted by Gasteiger charge is -2.27. The molecule has 1 N–H and O–H groups in total. The van der Waals surface area contributed by atoms with Crippen LogP contribution in [-0.2, 0) is 4.74 Å². The van der Waals surface area contributed by atoms with Crippen LogP contribution >= 0.6 is 0 Å². The minimum Gasteiger partial charge on any atom is -0.450 e. The number of hydrogen-bond donors (Lipinski definition) is 1. The van der Waals surface area contributed by atoms with E-state index in [0.29, 0.717) is 0 Å². The number of fused-ring (bicyclic) bond motifs is 1. The largest absolute Gasteiger partial charge is 0.506 e. The predicted octanol–water partition coefficient (Wildman–Crippen LogP) is 2.75. The summed E-state index contributed by atoms with van der Waals surface area (Å²) in [5, 5.41) is 7.86. The van der Waals surface area contributed by atoms with Gasteiger partial charge in [0.1, 0.15) is 0 Å². The summed E-state index contributed by atoms with van der Waals surface area (Å²) in [5.41, 5.74) is 0. The van der Waals surface area contributed by atoms with Gasteiger partial charge in [-0.15, -0.1) is 0 Å². The highest BCUT2D eigenvalue weighted by Gasteiger charge is 2.16. The van der Waals surface area contributed by atoms with Gasteiger partial charge in [0, 0.05) is 26.1 Å². The van der Waals surface area contributed by atoms with Crippen molar-refractivity contribution in [2.45, 2.75) is 52.1 Å². The highest BCUT2D eigenvalue weighted by molar-refractivity contribution is 5.83. The monoisotopic (exact) mass is 256 g/mol. The van der Waals surface area contributed by atoms with E-state index in [4.69, 9.17) is 5.11 Å². The molecule has 0 atom stereocenters. The zero-order valence-electron chi connectivity index (χ0n) is 11.4. The van der Waals surface area contributed by atoms with E-state index in [2.05, 4.69) is 14.6 Å². The second kappa shape index (κ2) is 7.95. The predicted molar refractivity (Wildman–Crippen MR) is 71.2 cm³/mol. The molecule has 1 fully saturated rings. The van der Waals surface area contributed by atoms with Crippen molar-refractivity contribution in [2.75, 3.05) is 19.6 Å². The number of nitrogens with zero attached hydrogens (tertiary/aromatic N) is 2. The Hall–Kier alpha value is -1.26. The van der Waals surface area contributed by atoms with Crippen LogP contribution in [0, 0.1) is 0 Å². The topological polar surface area (TPSA) is 62.1 Å². The van der Waals surface area contributed by atoms with E-state index in [9.17, 15) is 4.79 Å². The van der Waals surface area contributed by atoms with E-state index in [1.165, 1.54) is 51.0 Å². The van der Waals surface area contributed by atoms with E-state index in [1.54, 1.807) is 13.8 Å². The third kappa shape index (κ3) is 5.89. The number of amidine groups is 1. The van der Waals surface area contributed by atoms with E-state index >= 15 is 0 Å². The fourth-order valence-corrected chi connectivity index (χ4v) is 2.14. The van der Waals surface area contributed by atoms with Crippen LogP contribution < -0.4 is 0 Å². The molecular formula is C13H24N2O3. The van der Waals surface area contributed by atoms with Gasteiger partial charge in [-0.2, -0.15) is 0 Å². The maximum atomic E-state index is 9.59. The summed E-state index contributed by atoms with van der Waals surface area (Å²) in [6, 6.07) is 0. The standard InChI is InChI=1S/C9H16N2.C4H8O3/c1-2-5-9-10-6-4-8-11(9)7-3-1;1-3(2)7-4(5)6/h1-8H2;3H,1-2H3,(H,5,6). The molecule has 2 aliphatic rings. The molecule has 0 unspecified atom stereocenters. The van der Waals surface area contributed by atoms with Crippen LogP contribution in [0.1, 0.15) is 46.0 Å². The molecule has 0 saturated carbocycles. The second-order valence-electron chi connectivity index (χ2n) is 4.88. The fraction of sp³-hybridized carbons (Fsp3) is 0.846. The lowest BCUT2D eigenvalue weighted by molar-refractivity contribution is 0.0660. The first-order valence-corrected chi connectivity index (χ1v) is 6.77. The maximum absolute atomic E-state index is 9.59. The molecule has 0 aliphatic carbocycles. The maximum Gasteiger partial charge on any atom is 0.506 e. The highest BCUT2D eigenvalue weighted by Crippen LogP contribution is 2.15. The molecule has 0 aromatic rings. The first-order valence-electron chi connectivity index (χ1n) is 6.77. The Morgan fingerprint density at radius 1 is 1.28 bits per heavy atom. The molecule has 0 aromatic heterocycles. The quantitative estimate of drug-likeness (QED) is 0.733. The van der Waals surface area contributed by atoms with Crippen molar-refractivity contribution in [2.24, 2.45) is 4.99 Å². The number of rotatable bonds is 1. The molecule has 0 spiro atoms. The zero-order chi connectivity index (χ0) is 13.4. The number of carboxylic acid groups (broad SMARTS) is 1. The van der Waals surface area contributed by atoms with E-state index in [0.717, 1.165) is 6.54 Å². The summed E-state index contributed by atoms with van der Waals surface area (Å²) in [4.78, 5) is 16.6. The average molecular weight is 256 g/mol. The lowest BCUT2D eigenvalue weighted by atomic mass is 10.2. The Labute approximate surface area is 109 Å². The van der Waals surface area contributed by atoms with Crippen LogP contribution in [0.25, 0.3) is 0 Å². The summed E-state index contributed by atoms with van der Waals surface area (Å²) in [7, 11) is 0. The summed E-state index contributed by atoms with van der Waals surface area (Å²) >= 11 is 0. The van der Waals surface area contributed by atoms with E-state index in [-0.39, 0.29) is 6.10 Å². The van der Waals surface area contributed by atoms with Crippen LogP contribution in [0.15, 0.2) is 4.99 Å². The summed E-state index contributed by atoms with van der Waals surface area (Å²) in [5.74, 6) is 1.40. The van der Waals surface area contributed by atoms with Crippen LogP contribution in [-0.4, -0.2) is 47.7 Å². The van der Waals surface area contributed by atoms with Crippen molar-refractivity contribution in [3.63, 3.8) is 0 Å². The van der Waals surface area contributed by atoms with Crippen LogP contribution in [0.5, 0.6) is 0 Å². The van der Waals surface area contributed by atoms with Crippen molar-refractivity contribution >= 4 is 12.0 Å². The smallest absolute Gasteiger partial charge is 0.450 e. The van der Waals surface area contributed by atoms with E-state index in [1.807, 2.05) is 0 Å². The Kier molecular flexibility index (Phi) is 6.54. The summed E-state index contributed by atoms with van der Waals surface area (Å²) in [6.45, 7) is 6.92. The average Bonchev–Trinajstić information content (AvgIpc) is 2.52. The van der Waals surface area contributed by atoms with Gasteiger partial charge in [-0.05, 0) is 33.1 Å². The second-order valence-corrected chi connectivity index (χ2v) is 4.88. The molecule has 18 heavy (non-hydrogen) atoms.